The Labute approximate surface area is 154 Å². The Morgan fingerprint density at radius 2 is 1.81 bits per heavy atom. The van der Waals surface area contributed by atoms with Gasteiger partial charge in [-0.25, -0.2) is 0 Å². The maximum absolute atomic E-state index is 12.6. The molecule has 0 saturated carbocycles. The molecule has 0 spiro atoms. The largest absolute Gasteiger partial charge is 0.497 e. The summed E-state index contributed by atoms with van der Waals surface area (Å²) in [6.45, 7) is 3.78. The molecule has 0 unspecified atom stereocenters. The Balaban J connectivity index is 1.61. The number of anilines is 1. The molecule has 26 heavy (non-hydrogen) atoms. The number of hydrogen-bond acceptors (Lipinski definition) is 5. The van der Waals surface area contributed by atoms with Crippen molar-refractivity contribution >= 4 is 11.6 Å². The zero-order valence-electron chi connectivity index (χ0n) is 15.3. The van der Waals surface area contributed by atoms with E-state index in [1.54, 1.807) is 26.4 Å². The van der Waals surface area contributed by atoms with Crippen molar-refractivity contribution in [1.82, 2.24) is 9.80 Å². The Hall–Kier alpha value is -2.73. The minimum absolute atomic E-state index is 0.0379. The molecule has 2 aromatic carbocycles. The van der Waals surface area contributed by atoms with Gasteiger partial charge in [0.05, 0.1) is 14.2 Å². The topological polar surface area (TPSA) is 68.0 Å². The van der Waals surface area contributed by atoms with Crippen molar-refractivity contribution in [3.05, 3.63) is 53.6 Å². The second kappa shape index (κ2) is 8.10. The van der Waals surface area contributed by atoms with E-state index in [9.17, 15) is 4.79 Å². The van der Waals surface area contributed by atoms with Crippen LogP contribution in [0.2, 0.25) is 0 Å². The van der Waals surface area contributed by atoms with E-state index in [2.05, 4.69) is 4.90 Å². The van der Waals surface area contributed by atoms with Crippen LogP contribution in [-0.2, 0) is 6.54 Å². The van der Waals surface area contributed by atoms with E-state index in [0.29, 0.717) is 24.3 Å². The van der Waals surface area contributed by atoms with Crippen LogP contribution in [0.5, 0.6) is 11.5 Å². The Bertz CT molecular complexity index is 771. The fourth-order valence-electron chi connectivity index (χ4n) is 3.21. The lowest BCUT2D eigenvalue weighted by atomic mass is 10.1. The van der Waals surface area contributed by atoms with E-state index in [0.717, 1.165) is 36.7 Å². The number of nitrogens with two attached hydrogens (primary N) is 1. The molecular weight excluding hydrogens is 330 g/mol. The molecule has 6 nitrogen and oxygen atoms in total. The van der Waals surface area contributed by atoms with Crippen molar-refractivity contribution in [2.24, 2.45) is 0 Å². The molecule has 1 saturated heterocycles. The van der Waals surface area contributed by atoms with Crippen molar-refractivity contribution in [3.63, 3.8) is 0 Å². The van der Waals surface area contributed by atoms with Crippen LogP contribution in [0.1, 0.15) is 15.9 Å². The number of carbonyl (C=O) groups excluding carboxylic acids is 1. The van der Waals surface area contributed by atoms with Gasteiger partial charge in [-0.15, -0.1) is 0 Å². The van der Waals surface area contributed by atoms with Gasteiger partial charge in [-0.3, -0.25) is 9.69 Å². The van der Waals surface area contributed by atoms with Crippen molar-refractivity contribution in [3.8, 4) is 11.5 Å². The molecule has 1 aliphatic heterocycles. The summed E-state index contributed by atoms with van der Waals surface area (Å²) in [7, 11) is 3.33. The molecule has 0 atom stereocenters. The summed E-state index contributed by atoms with van der Waals surface area (Å²) in [4.78, 5) is 16.8. The number of ether oxygens (including phenoxy) is 2. The summed E-state index contributed by atoms with van der Waals surface area (Å²) in [5, 5.41) is 0. The van der Waals surface area contributed by atoms with E-state index in [4.69, 9.17) is 15.2 Å². The second-order valence-electron chi connectivity index (χ2n) is 6.37. The van der Waals surface area contributed by atoms with Gasteiger partial charge in [0.1, 0.15) is 11.5 Å². The van der Waals surface area contributed by atoms with Crippen LogP contribution < -0.4 is 15.2 Å². The number of carbonyl (C=O) groups is 1. The summed E-state index contributed by atoms with van der Waals surface area (Å²) in [6.07, 6.45) is 0. The molecule has 1 amide bonds. The molecule has 0 aliphatic carbocycles. The first-order valence-electron chi connectivity index (χ1n) is 8.69. The van der Waals surface area contributed by atoms with Crippen molar-refractivity contribution in [1.29, 1.82) is 0 Å². The quantitative estimate of drug-likeness (QED) is 0.833. The van der Waals surface area contributed by atoms with Crippen molar-refractivity contribution in [2.45, 2.75) is 6.54 Å². The molecule has 0 bridgehead atoms. The molecular formula is C20H25N3O3. The summed E-state index contributed by atoms with van der Waals surface area (Å²) in [5.41, 5.74) is 8.13. The van der Waals surface area contributed by atoms with Crippen molar-refractivity contribution in [2.75, 3.05) is 46.1 Å². The van der Waals surface area contributed by atoms with E-state index < -0.39 is 0 Å². The van der Waals surface area contributed by atoms with E-state index >= 15 is 0 Å². The lowest BCUT2D eigenvalue weighted by molar-refractivity contribution is 0.0627. The van der Waals surface area contributed by atoms with Gasteiger partial charge in [-0.2, -0.15) is 0 Å². The lowest BCUT2D eigenvalue weighted by Crippen LogP contribution is -2.48. The fourth-order valence-corrected chi connectivity index (χ4v) is 3.21. The first-order valence-corrected chi connectivity index (χ1v) is 8.69. The van der Waals surface area contributed by atoms with Crippen LogP contribution in [0.3, 0.4) is 0 Å². The van der Waals surface area contributed by atoms with Gasteiger partial charge in [-0.1, -0.05) is 6.07 Å². The van der Waals surface area contributed by atoms with Crippen LogP contribution in [0.15, 0.2) is 42.5 Å². The maximum atomic E-state index is 12.6. The van der Waals surface area contributed by atoms with Gasteiger partial charge in [0, 0.05) is 49.5 Å². The molecule has 1 aliphatic rings. The van der Waals surface area contributed by atoms with Gasteiger partial charge in [0.2, 0.25) is 0 Å². The first-order chi connectivity index (χ1) is 12.6. The SMILES string of the molecule is COc1ccc(OC)c(CN2CCN(C(=O)c3cccc(N)c3)CC2)c1. The Kier molecular flexibility index (Phi) is 5.63. The average Bonchev–Trinajstić information content (AvgIpc) is 2.68. The van der Waals surface area contributed by atoms with Crippen LogP contribution >= 0.6 is 0 Å². The third-order valence-corrected chi connectivity index (χ3v) is 4.67. The highest BCUT2D eigenvalue weighted by Crippen LogP contribution is 2.25. The van der Waals surface area contributed by atoms with Gasteiger partial charge >= 0.3 is 0 Å². The molecule has 6 heteroatoms. The van der Waals surface area contributed by atoms with Gasteiger partial charge in [0.15, 0.2) is 0 Å². The number of nitrogens with zero attached hydrogens (tertiary/aromatic N) is 2. The number of hydrogen-bond donors (Lipinski definition) is 1. The van der Waals surface area contributed by atoms with E-state index in [1.807, 2.05) is 35.2 Å². The molecule has 2 N–H and O–H groups in total. The van der Waals surface area contributed by atoms with E-state index in [1.165, 1.54) is 0 Å². The molecule has 138 valence electrons. The molecule has 2 aromatic rings. The van der Waals surface area contributed by atoms with Crippen LogP contribution in [0.4, 0.5) is 5.69 Å². The fraction of sp³-hybridized carbons (Fsp3) is 0.350. The highest BCUT2D eigenvalue weighted by atomic mass is 16.5. The maximum Gasteiger partial charge on any atom is 0.254 e. The summed E-state index contributed by atoms with van der Waals surface area (Å²) in [6, 6.07) is 13.0. The van der Waals surface area contributed by atoms with Crippen molar-refractivity contribution < 1.29 is 14.3 Å². The zero-order valence-corrected chi connectivity index (χ0v) is 15.3. The van der Waals surface area contributed by atoms with E-state index in [-0.39, 0.29) is 5.91 Å². The number of benzene rings is 2. The highest BCUT2D eigenvalue weighted by Gasteiger charge is 2.23. The standard InChI is InChI=1S/C20H25N3O3/c1-25-18-6-7-19(26-2)16(13-18)14-22-8-10-23(11-9-22)20(24)15-4-3-5-17(21)12-15/h3-7,12-13H,8-11,14,21H2,1-2H3. The number of nitrogen functional groups attached to an aromatic ring is 1. The van der Waals surface area contributed by atoms with Crippen LogP contribution in [-0.4, -0.2) is 56.1 Å². The number of rotatable bonds is 5. The third kappa shape index (κ3) is 4.08. The minimum Gasteiger partial charge on any atom is -0.497 e. The molecule has 3 rings (SSSR count). The Morgan fingerprint density at radius 3 is 2.46 bits per heavy atom. The number of amides is 1. The lowest BCUT2D eigenvalue weighted by Gasteiger charge is -2.35. The zero-order chi connectivity index (χ0) is 18.5. The smallest absolute Gasteiger partial charge is 0.254 e. The summed E-state index contributed by atoms with van der Waals surface area (Å²) in [5.74, 6) is 1.70. The molecule has 1 heterocycles. The van der Waals surface area contributed by atoms with Crippen LogP contribution in [0.25, 0.3) is 0 Å². The summed E-state index contributed by atoms with van der Waals surface area (Å²) >= 11 is 0. The molecule has 0 radical (unpaired) electrons. The number of methoxy groups -OCH3 is 2. The van der Waals surface area contributed by atoms with Gasteiger partial charge < -0.3 is 20.1 Å². The van der Waals surface area contributed by atoms with Gasteiger partial charge in [0.25, 0.3) is 5.91 Å². The predicted molar refractivity (Wildman–Crippen MR) is 102 cm³/mol. The predicted octanol–water partition coefficient (Wildman–Crippen LogP) is 2.24. The monoisotopic (exact) mass is 355 g/mol. The molecule has 1 fully saturated rings. The summed E-state index contributed by atoms with van der Waals surface area (Å²) < 4.78 is 10.8. The highest BCUT2D eigenvalue weighted by molar-refractivity contribution is 5.95. The first kappa shape index (κ1) is 18.1. The third-order valence-electron chi connectivity index (χ3n) is 4.67. The number of piperazine rings is 1. The normalized spacial score (nSPS) is 14.9. The molecule has 0 aromatic heterocycles. The minimum atomic E-state index is 0.0379. The Morgan fingerprint density at radius 1 is 1.04 bits per heavy atom. The second-order valence-corrected chi connectivity index (χ2v) is 6.37. The van der Waals surface area contributed by atoms with Gasteiger partial charge in [-0.05, 0) is 36.4 Å². The average molecular weight is 355 g/mol. The van der Waals surface area contributed by atoms with Crippen LogP contribution in [0, 0.1) is 0 Å².